The van der Waals surface area contributed by atoms with Gasteiger partial charge in [-0.1, -0.05) is 36.4 Å². The smallest absolute Gasteiger partial charge is 0.246 e. The van der Waals surface area contributed by atoms with Crippen LogP contribution in [-0.2, 0) is 9.59 Å². The van der Waals surface area contributed by atoms with Crippen molar-refractivity contribution in [2.75, 3.05) is 26.2 Å². The molecule has 2 heterocycles. The fraction of sp³-hybridized carbons (Fsp3) is 0.357. The van der Waals surface area contributed by atoms with Crippen molar-refractivity contribution in [2.24, 2.45) is 0 Å². The summed E-state index contributed by atoms with van der Waals surface area (Å²) in [6.07, 6.45) is 13.2. The molecule has 0 unspecified atom stereocenters. The third-order valence-electron chi connectivity index (χ3n) is 6.02. The van der Waals surface area contributed by atoms with E-state index in [-0.39, 0.29) is 23.3 Å². The number of carbonyl (C=O) groups is 2. The third kappa shape index (κ3) is 7.80. The van der Waals surface area contributed by atoms with Crippen LogP contribution in [0.3, 0.4) is 0 Å². The van der Waals surface area contributed by atoms with E-state index in [2.05, 4.69) is 0 Å². The molecule has 6 nitrogen and oxygen atoms in total. The number of hydrogen-bond donors (Lipinski definition) is 2. The zero-order valence-corrected chi connectivity index (χ0v) is 19.6. The topological polar surface area (TPSA) is 81.1 Å². The first-order valence-corrected chi connectivity index (χ1v) is 12.0. The summed E-state index contributed by atoms with van der Waals surface area (Å²) in [5, 5.41) is 19.1. The van der Waals surface area contributed by atoms with E-state index in [0.29, 0.717) is 11.1 Å². The average Bonchev–Trinajstić information content (AvgIpc) is 2.89. The first-order valence-electron chi connectivity index (χ1n) is 12.0. The molecule has 2 N–H and O–H groups in total. The van der Waals surface area contributed by atoms with Crippen molar-refractivity contribution in [3.8, 4) is 11.5 Å². The molecule has 2 fully saturated rings. The van der Waals surface area contributed by atoms with E-state index in [0.717, 1.165) is 51.9 Å². The van der Waals surface area contributed by atoms with Crippen LogP contribution in [0.5, 0.6) is 11.5 Å². The van der Waals surface area contributed by atoms with Gasteiger partial charge in [-0.15, -0.1) is 0 Å². The number of aromatic hydroxyl groups is 2. The van der Waals surface area contributed by atoms with Gasteiger partial charge in [0.25, 0.3) is 0 Å². The van der Waals surface area contributed by atoms with E-state index in [4.69, 9.17) is 0 Å². The van der Waals surface area contributed by atoms with Crippen molar-refractivity contribution in [3.63, 3.8) is 0 Å². The first kappa shape index (κ1) is 25.1. The SMILES string of the molecule is O=C(/C=C/c1ccccc1O)N1CCCCC1.O=C(/C=C/c1ccccc1O)N1CCCCC1. The Balaban J connectivity index is 0.000000191. The van der Waals surface area contributed by atoms with Crippen molar-refractivity contribution in [1.29, 1.82) is 0 Å². The van der Waals surface area contributed by atoms with Gasteiger partial charge >= 0.3 is 0 Å². The minimum absolute atomic E-state index is 0.0351. The van der Waals surface area contributed by atoms with Crippen LogP contribution in [0, 0.1) is 0 Å². The van der Waals surface area contributed by atoms with Gasteiger partial charge in [0.2, 0.25) is 11.8 Å². The Hall–Kier alpha value is -3.54. The Bertz CT molecular complexity index is 921. The summed E-state index contributed by atoms with van der Waals surface area (Å²) in [5.74, 6) is 0.478. The fourth-order valence-electron chi connectivity index (χ4n) is 4.02. The maximum Gasteiger partial charge on any atom is 0.246 e. The summed E-state index contributed by atoms with van der Waals surface area (Å²) >= 11 is 0. The standard InChI is InChI=1S/2C14H17NO2/c2*16-13-7-3-2-6-12(13)8-9-14(17)15-10-4-1-5-11-15/h2*2-3,6-9,16H,1,4-5,10-11H2/b2*9-8+. The number of phenols is 2. The molecule has 0 aromatic heterocycles. The highest BCUT2D eigenvalue weighted by atomic mass is 16.3. The fourth-order valence-corrected chi connectivity index (χ4v) is 4.02. The van der Waals surface area contributed by atoms with E-state index in [1.807, 2.05) is 21.9 Å². The Morgan fingerprint density at radius 2 is 0.941 bits per heavy atom. The van der Waals surface area contributed by atoms with E-state index in [9.17, 15) is 19.8 Å². The Kier molecular flexibility index (Phi) is 9.77. The average molecular weight is 463 g/mol. The summed E-state index contributed by atoms with van der Waals surface area (Å²) in [4.78, 5) is 27.4. The number of amides is 2. The molecule has 2 aliphatic rings. The van der Waals surface area contributed by atoms with Crippen LogP contribution < -0.4 is 0 Å². The maximum absolute atomic E-state index is 11.8. The number of hydrogen-bond acceptors (Lipinski definition) is 4. The third-order valence-corrected chi connectivity index (χ3v) is 6.02. The van der Waals surface area contributed by atoms with E-state index in [1.165, 1.54) is 12.8 Å². The molecule has 2 aliphatic heterocycles. The lowest BCUT2D eigenvalue weighted by molar-refractivity contribution is -0.127. The molecule has 2 amide bonds. The Morgan fingerprint density at radius 1 is 0.588 bits per heavy atom. The normalized spacial score (nSPS) is 16.4. The zero-order chi connectivity index (χ0) is 24.2. The summed E-state index contributed by atoms with van der Waals surface area (Å²) in [6.45, 7) is 3.40. The van der Waals surface area contributed by atoms with Crippen LogP contribution in [0.25, 0.3) is 12.2 Å². The zero-order valence-electron chi connectivity index (χ0n) is 19.6. The van der Waals surface area contributed by atoms with Gasteiger partial charge in [-0.2, -0.15) is 0 Å². The molecule has 2 saturated heterocycles. The number of rotatable bonds is 4. The monoisotopic (exact) mass is 462 g/mol. The van der Waals surface area contributed by atoms with Gasteiger partial charge in [-0.25, -0.2) is 0 Å². The van der Waals surface area contributed by atoms with E-state index >= 15 is 0 Å². The Labute approximate surface area is 201 Å². The van der Waals surface area contributed by atoms with Crippen LogP contribution in [-0.4, -0.2) is 58.0 Å². The molecule has 0 radical (unpaired) electrons. The lowest BCUT2D eigenvalue weighted by Gasteiger charge is -2.25. The summed E-state index contributed by atoms with van der Waals surface area (Å²) in [6, 6.07) is 14.0. The molecule has 0 atom stereocenters. The lowest BCUT2D eigenvalue weighted by atomic mass is 10.1. The van der Waals surface area contributed by atoms with Crippen LogP contribution in [0.2, 0.25) is 0 Å². The molecular weight excluding hydrogens is 428 g/mol. The van der Waals surface area contributed by atoms with Crippen LogP contribution in [0.15, 0.2) is 60.7 Å². The van der Waals surface area contributed by atoms with Gasteiger partial charge in [0.1, 0.15) is 11.5 Å². The number of carbonyl (C=O) groups excluding carboxylic acids is 2. The largest absolute Gasteiger partial charge is 0.507 e. The molecule has 0 bridgehead atoms. The molecule has 2 aromatic carbocycles. The second-order valence-corrected chi connectivity index (χ2v) is 8.56. The minimum atomic E-state index is 0.0351. The number of nitrogens with zero attached hydrogens (tertiary/aromatic N) is 2. The van der Waals surface area contributed by atoms with Gasteiger partial charge in [0.15, 0.2) is 0 Å². The van der Waals surface area contributed by atoms with Gasteiger partial charge in [0.05, 0.1) is 0 Å². The molecule has 34 heavy (non-hydrogen) atoms. The second-order valence-electron chi connectivity index (χ2n) is 8.56. The van der Waals surface area contributed by atoms with Crippen LogP contribution in [0.4, 0.5) is 0 Å². The van der Waals surface area contributed by atoms with Crippen LogP contribution >= 0.6 is 0 Å². The second kappa shape index (κ2) is 13.2. The molecule has 0 aliphatic carbocycles. The highest BCUT2D eigenvalue weighted by Gasteiger charge is 2.14. The predicted molar refractivity (Wildman–Crippen MR) is 135 cm³/mol. The van der Waals surface area contributed by atoms with Gasteiger partial charge < -0.3 is 20.0 Å². The van der Waals surface area contributed by atoms with Gasteiger partial charge in [-0.05, 0) is 62.8 Å². The van der Waals surface area contributed by atoms with Crippen molar-refractivity contribution in [1.82, 2.24) is 9.80 Å². The van der Waals surface area contributed by atoms with Gasteiger partial charge in [-0.3, -0.25) is 9.59 Å². The van der Waals surface area contributed by atoms with Crippen molar-refractivity contribution in [3.05, 3.63) is 71.8 Å². The minimum Gasteiger partial charge on any atom is -0.507 e. The molecule has 0 saturated carbocycles. The number of likely N-dealkylation sites (tertiary alicyclic amines) is 2. The number of benzene rings is 2. The lowest BCUT2D eigenvalue weighted by Crippen LogP contribution is -2.34. The van der Waals surface area contributed by atoms with E-state index in [1.54, 1.807) is 60.7 Å². The van der Waals surface area contributed by atoms with Crippen molar-refractivity contribution in [2.45, 2.75) is 38.5 Å². The first-order chi connectivity index (χ1) is 16.5. The van der Waals surface area contributed by atoms with Gasteiger partial charge in [0, 0.05) is 49.5 Å². The maximum atomic E-state index is 11.8. The molecule has 0 spiro atoms. The molecular formula is C28H34N2O4. The highest BCUT2D eigenvalue weighted by molar-refractivity contribution is 5.92. The molecule has 6 heteroatoms. The summed E-state index contributed by atoms with van der Waals surface area (Å²) in [7, 11) is 0. The summed E-state index contributed by atoms with van der Waals surface area (Å²) in [5.41, 5.74) is 1.36. The number of phenolic OH excluding ortho intramolecular Hbond substituents is 2. The quantitative estimate of drug-likeness (QED) is 0.638. The summed E-state index contributed by atoms with van der Waals surface area (Å²) < 4.78 is 0. The number of piperidine rings is 2. The van der Waals surface area contributed by atoms with Crippen LogP contribution in [0.1, 0.15) is 49.7 Å². The van der Waals surface area contributed by atoms with E-state index < -0.39 is 0 Å². The number of para-hydroxylation sites is 2. The predicted octanol–water partition coefficient (Wildman–Crippen LogP) is 4.84. The van der Waals surface area contributed by atoms with Crippen molar-refractivity contribution >= 4 is 24.0 Å². The molecule has 180 valence electrons. The van der Waals surface area contributed by atoms with Crippen molar-refractivity contribution < 1.29 is 19.8 Å². The molecule has 4 rings (SSSR count). The highest BCUT2D eigenvalue weighted by Crippen LogP contribution is 2.18. The Morgan fingerprint density at radius 3 is 1.29 bits per heavy atom. The molecule has 2 aromatic rings.